The van der Waals surface area contributed by atoms with Gasteiger partial charge in [-0.05, 0) is 44.0 Å². The first-order valence-corrected chi connectivity index (χ1v) is 7.50. The van der Waals surface area contributed by atoms with Crippen LogP contribution in [0.25, 0.3) is 0 Å². The third-order valence-electron chi connectivity index (χ3n) is 3.36. The molecule has 1 aromatic carbocycles. The van der Waals surface area contributed by atoms with Gasteiger partial charge in [-0.2, -0.15) is 5.10 Å². The minimum absolute atomic E-state index is 0.341. The van der Waals surface area contributed by atoms with Crippen LogP contribution in [-0.4, -0.2) is 15.8 Å². The van der Waals surface area contributed by atoms with Gasteiger partial charge in [0.15, 0.2) is 5.75 Å². The van der Waals surface area contributed by atoms with Crippen LogP contribution in [-0.2, 0) is 6.54 Å². The molecule has 0 radical (unpaired) electrons. The molecule has 4 heteroatoms. The van der Waals surface area contributed by atoms with Gasteiger partial charge in [-0.15, -0.1) is 0 Å². The van der Waals surface area contributed by atoms with Crippen molar-refractivity contribution >= 4 is 0 Å². The summed E-state index contributed by atoms with van der Waals surface area (Å²) in [5, 5.41) is 7.72. The lowest BCUT2D eigenvalue weighted by molar-refractivity contribution is 0.476. The number of aromatic nitrogens is 2. The summed E-state index contributed by atoms with van der Waals surface area (Å²) in [6, 6.07) is 7.03. The second-order valence-electron chi connectivity index (χ2n) is 5.98. The Hall–Kier alpha value is -1.81. The van der Waals surface area contributed by atoms with Crippen LogP contribution in [0.1, 0.15) is 44.9 Å². The van der Waals surface area contributed by atoms with Crippen molar-refractivity contribution in [1.82, 2.24) is 15.1 Å². The maximum absolute atomic E-state index is 5.87. The Morgan fingerprint density at radius 2 is 1.95 bits per heavy atom. The van der Waals surface area contributed by atoms with Crippen molar-refractivity contribution in [3.63, 3.8) is 0 Å². The van der Waals surface area contributed by atoms with E-state index in [1.54, 1.807) is 6.20 Å². The molecule has 0 fully saturated rings. The molecule has 2 aromatic rings. The van der Waals surface area contributed by atoms with Gasteiger partial charge in [-0.3, -0.25) is 4.68 Å². The number of hydrogen-bond donors (Lipinski definition) is 1. The lowest BCUT2D eigenvalue weighted by atomic mass is 10.1. The van der Waals surface area contributed by atoms with Gasteiger partial charge >= 0.3 is 0 Å². The molecule has 0 aliphatic heterocycles. The summed E-state index contributed by atoms with van der Waals surface area (Å²) in [5.41, 5.74) is 2.53. The molecular weight excluding hydrogens is 262 g/mol. The first-order valence-electron chi connectivity index (χ1n) is 7.50. The van der Waals surface area contributed by atoms with E-state index in [0.717, 1.165) is 18.0 Å². The lowest BCUT2D eigenvalue weighted by Crippen LogP contribution is -2.22. The number of hydrogen-bond acceptors (Lipinski definition) is 3. The van der Waals surface area contributed by atoms with Crippen LogP contribution in [0.2, 0.25) is 0 Å². The van der Waals surface area contributed by atoms with Gasteiger partial charge < -0.3 is 10.1 Å². The monoisotopic (exact) mass is 287 g/mol. The molecule has 0 bridgehead atoms. The van der Waals surface area contributed by atoms with Crippen LogP contribution in [0.15, 0.2) is 30.6 Å². The Kier molecular flexibility index (Phi) is 5.02. The van der Waals surface area contributed by atoms with Crippen molar-refractivity contribution in [3.05, 3.63) is 41.7 Å². The van der Waals surface area contributed by atoms with Crippen molar-refractivity contribution in [2.24, 2.45) is 0 Å². The third kappa shape index (κ3) is 4.33. The van der Waals surface area contributed by atoms with Crippen molar-refractivity contribution in [2.75, 3.05) is 0 Å². The highest BCUT2D eigenvalue weighted by molar-refractivity contribution is 5.37. The Balaban J connectivity index is 2.05. The average molecular weight is 287 g/mol. The maximum atomic E-state index is 5.87. The summed E-state index contributed by atoms with van der Waals surface area (Å²) < 4.78 is 7.76. The summed E-state index contributed by atoms with van der Waals surface area (Å²) >= 11 is 0. The second-order valence-corrected chi connectivity index (χ2v) is 5.98. The molecule has 0 spiro atoms. The van der Waals surface area contributed by atoms with E-state index < -0.39 is 0 Å². The molecule has 1 aromatic heterocycles. The van der Waals surface area contributed by atoms with Crippen molar-refractivity contribution in [3.8, 4) is 11.5 Å². The molecular formula is C17H25N3O. The zero-order chi connectivity index (χ0) is 15.4. The van der Waals surface area contributed by atoms with E-state index in [4.69, 9.17) is 4.74 Å². The smallest absolute Gasteiger partial charge is 0.165 e. The van der Waals surface area contributed by atoms with Crippen LogP contribution in [0, 0.1) is 6.92 Å². The van der Waals surface area contributed by atoms with Crippen LogP contribution >= 0.6 is 0 Å². The molecule has 0 amide bonds. The molecule has 1 heterocycles. The Labute approximate surface area is 127 Å². The zero-order valence-electron chi connectivity index (χ0n) is 13.6. The highest BCUT2D eigenvalue weighted by atomic mass is 16.5. The number of nitrogens with zero attached hydrogens (tertiary/aromatic N) is 2. The normalized spacial score (nSPS) is 11.4. The number of nitrogens with one attached hydrogen (secondary N) is 1. The Bertz CT molecular complexity index is 587. The summed E-state index contributed by atoms with van der Waals surface area (Å²) in [7, 11) is 0. The van der Waals surface area contributed by atoms with Gasteiger partial charge in [-0.1, -0.05) is 19.9 Å². The topological polar surface area (TPSA) is 39.1 Å². The first kappa shape index (κ1) is 15.6. The summed E-state index contributed by atoms with van der Waals surface area (Å²) in [4.78, 5) is 0. The van der Waals surface area contributed by atoms with E-state index in [1.807, 2.05) is 16.9 Å². The van der Waals surface area contributed by atoms with Crippen LogP contribution in [0.3, 0.4) is 0 Å². The van der Waals surface area contributed by atoms with Crippen molar-refractivity contribution in [1.29, 1.82) is 0 Å². The first-order chi connectivity index (χ1) is 9.95. The van der Waals surface area contributed by atoms with Crippen molar-refractivity contribution < 1.29 is 4.74 Å². The lowest BCUT2D eigenvalue weighted by Gasteiger charge is -2.12. The molecule has 0 saturated heterocycles. The highest BCUT2D eigenvalue weighted by Crippen LogP contribution is 2.24. The number of benzene rings is 1. The largest absolute Gasteiger partial charge is 0.454 e. The van der Waals surface area contributed by atoms with Crippen LogP contribution < -0.4 is 10.1 Å². The molecule has 0 saturated carbocycles. The van der Waals surface area contributed by atoms with E-state index in [9.17, 15) is 0 Å². The minimum atomic E-state index is 0.341. The molecule has 114 valence electrons. The van der Waals surface area contributed by atoms with E-state index in [2.05, 4.69) is 57.2 Å². The fourth-order valence-electron chi connectivity index (χ4n) is 2.04. The summed E-state index contributed by atoms with van der Waals surface area (Å²) in [5.74, 6) is 1.63. The van der Waals surface area contributed by atoms with E-state index in [0.29, 0.717) is 12.1 Å². The SMILES string of the molecule is Cc1cc(Oc2cnn(C(C)C)c2)ccc1CNC(C)C. The standard InChI is InChI=1S/C17H25N3O/c1-12(2)18-9-15-6-7-16(8-14(15)5)21-17-10-19-20(11-17)13(3)4/h6-8,10-13,18H,9H2,1-5H3. The molecule has 4 nitrogen and oxygen atoms in total. The summed E-state index contributed by atoms with van der Waals surface area (Å²) in [6.07, 6.45) is 3.68. The van der Waals surface area contributed by atoms with E-state index in [1.165, 1.54) is 11.1 Å². The van der Waals surface area contributed by atoms with E-state index >= 15 is 0 Å². The molecule has 0 atom stereocenters. The Morgan fingerprint density at radius 1 is 1.19 bits per heavy atom. The molecule has 0 unspecified atom stereocenters. The molecule has 1 N–H and O–H groups in total. The predicted molar refractivity (Wildman–Crippen MR) is 85.8 cm³/mol. The maximum Gasteiger partial charge on any atom is 0.165 e. The fourth-order valence-corrected chi connectivity index (χ4v) is 2.04. The number of aryl methyl sites for hydroxylation is 1. The highest BCUT2D eigenvalue weighted by Gasteiger charge is 2.06. The van der Waals surface area contributed by atoms with E-state index in [-0.39, 0.29) is 0 Å². The minimum Gasteiger partial charge on any atom is -0.454 e. The fraction of sp³-hybridized carbons (Fsp3) is 0.471. The average Bonchev–Trinajstić information content (AvgIpc) is 2.86. The van der Waals surface area contributed by atoms with Gasteiger partial charge in [0.25, 0.3) is 0 Å². The molecule has 21 heavy (non-hydrogen) atoms. The van der Waals surface area contributed by atoms with Gasteiger partial charge in [0.1, 0.15) is 5.75 Å². The summed E-state index contributed by atoms with van der Waals surface area (Å²) in [6.45, 7) is 11.5. The van der Waals surface area contributed by atoms with Gasteiger partial charge in [0, 0.05) is 18.6 Å². The van der Waals surface area contributed by atoms with Crippen LogP contribution in [0.4, 0.5) is 0 Å². The van der Waals surface area contributed by atoms with Gasteiger partial charge in [0.2, 0.25) is 0 Å². The van der Waals surface area contributed by atoms with Crippen molar-refractivity contribution in [2.45, 2.75) is 53.2 Å². The van der Waals surface area contributed by atoms with Gasteiger partial charge in [-0.25, -0.2) is 0 Å². The Morgan fingerprint density at radius 3 is 2.52 bits per heavy atom. The molecule has 0 aliphatic rings. The predicted octanol–water partition coefficient (Wildman–Crippen LogP) is 4.06. The van der Waals surface area contributed by atoms with Gasteiger partial charge in [0.05, 0.1) is 12.4 Å². The van der Waals surface area contributed by atoms with Crippen LogP contribution in [0.5, 0.6) is 11.5 Å². The zero-order valence-corrected chi connectivity index (χ0v) is 13.6. The third-order valence-corrected chi connectivity index (χ3v) is 3.36. The molecule has 2 rings (SSSR count). The molecule has 0 aliphatic carbocycles. The quantitative estimate of drug-likeness (QED) is 0.870. The number of ether oxygens (including phenoxy) is 1. The second kappa shape index (κ2) is 6.76. The number of rotatable bonds is 6.